The molecular weight excluding hydrogens is 484 g/mol. The SMILES string of the molecule is C[C@@H]1CN([C@H](C)CO)S(=O)(=O)c2ccc(Br)cc2O[C@H]1CN(C)C(=O)C1CCCCC1. The van der Waals surface area contributed by atoms with Crippen LogP contribution in [0.1, 0.15) is 46.0 Å². The fraction of sp³-hybridized carbons (Fsp3) is 0.682. The van der Waals surface area contributed by atoms with E-state index in [1.807, 2.05) is 6.92 Å². The van der Waals surface area contributed by atoms with Crippen molar-refractivity contribution in [2.45, 2.75) is 63.0 Å². The van der Waals surface area contributed by atoms with Gasteiger partial charge in [-0.2, -0.15) is 4.31 Å². The van der Waals surface area contributed by atoms with Gasteiger partial charge in [0, 0.05) is 35.9 Å². The average Bonchev–Trinajstić information content (AvgIpc) is 2.75. The van der Waals surface area contributed by atoms with Crippen molar-refractivity contribution in [1.29, 1.82) is 0 Å². The summed E-state index contributed by atoms with van der Waals surface area (Å²) in [5, 5.41) is 9.69. The number of hydrogen-bond donors (Lipinski definition) is 1. The lowest BCUT2D eigenvalue weighted by atomic mass is 9.88. The van der Waals surface area contributed by atoms with Crippen LogP contribution < -0.4 is 4.74 Å². The molecule has 1 fully saturated rings. The third-order valence-corrected chi connectivity index (χ3v) is 8.93. The Balaban J connectivity index is 1.91. The number of likely N-dealkylation sites (N-methyl/N-ethyl adjacent to an activating group) is 1. The Morgan fingerprint density at radius 3 is 2.65 bits per heavy atom. The van der Waals surface area contributed by atoms with Gasteiger partial charge < -0.3 is 14.7 Å². The van der Waals surface area contributed by atoms with Gasteiger partial charge in [-0.25, -0.2) is 8.42 Å². The topological polar surface area (TPSA) is 87.2 Å². The van der Waals surface area contributed by atoms with Gasteiger partial charge >= 0.3 is 0 Å². The monoisotopic (exact) mass is 516 g/mol. The summed E-state index contributed by atoms with van der Waals surface area (Å²) in [7, 11) is -2.04. The Morgan fingerprint density at radius 1 is 1.32 bits per heavy atom. The maximum Gasteiger partial charge on any atom is 0.247 e. The highest BCUT2D eigenvalue weighted by Crippen LogP contribution is 2.35. The van der Waals surface area contributed by atoms with E-state index < -0.39 is 16.1 Å². The van der Waals surface area contributed by atoms with Crippen molar-refractivity contribution in [1.82, 2.24) is 9.21 Å². The summed E-state index contributed by atoms with van der Waals surface area (Å²) in [6.07, 6.45) is 4.85. The van der Waals surface area contributed by atoms with Gasteiger partial charge in [0.2, 0.25) is 15.9 Å². The Kier molecular flexibility index (Phi) is 8.05. The first-order chi connectivity index (χ1) is 14.6. The Hall–Kier alpha value is -1.16. The minimum absolute atomic E-state index is 0.0651. The molecule has 0 saturated heterocycles. The van der Waals surface area contributed by atoms with E-state index in [1.54, 1.807) is 31.0 Å². The fourth-order valence-corrected chi connectivity index (χ4v) is 6.60. The van der Waals surface area contributed by atoms with Crippen molar-refractivity contribution in [2.24, 2.45) is 11.8 Å². The lowest BCUT2D eigenvalue weighted by Gasteiger charge is -2.38. The summed E-state index contributed by atoms with van der Waals surface area (Å²) < 4.78 is 35.0. The summed E-state index contributed by atoms with van der Waals surface area (Å²) in [6, 6.07) is 4.28. The molecule has 0 unspecified atom stereocenters. The number of halogens is 1. The molecule has 0 spiro atoms. The maximum atomic E-state index is 13.3. The molecule has 9 heteroatoms. The van der Waals surface area contributed by atoms with Crippen LogP contribution in [-0.2, 0) is 14.8 Å². The van der Waals surface area contributed by atoms with Crippen LogP contribution in [0, 0.1) is 11.8 Å². The van der Waals surface area contributed by atoms with Crippen molar-refractivity contribution in [2.75, 3.05) is 26.7 Å². The lowest BCUT2D eigenvalue weighted by molar-refractivity contribution is -0.136. The zero-order chi connectivity index (χ0) is 22.8. The van der Waals surface area contributed by atoms with Crippen LogP contribution in [0.5, 0.6) is 5.75 Å². The zero-order valence-electron chi connectivity index (χ0n) is 18.5. The first kappa shape index (κ1) is 24.5. The van der Waals surface area contributed by atoms with Crippen LogP contribution >= 0.6 is 15.9 Å². The third kappa shape index (κ3) is 5.43. The van der Waals surface area contributed by atoms with Crippen LogP contribution in [-0.4, -0.2) is 67.5 Å². The summed E-state index contributed by atoms with van der Waals surface area (Å²) >= 11 is 3.40. The van der Waals surface area contributed by atoms with Gasteiger partial charge in [0.15, 0.2) is 0 Å². The molecule has 0 bridgehead atoms. The number of carbonyl (C=O) groups is 1. The van der Waals surface area contributed by atoms with E-state index in [-0.39, 0.29) is 47.6 Å². The second-order valence-electron chi connectivity index (χ2n) is 8.88. The van der Waals surface area contributed by atoms with E-state index in [4.69, 9.17) is 4.74 Å². The van der Waals surface area contributed by atoms with E-state index in [0.717, 1.165) is 25.7 Å². The summed E-state index contributed by atoms with van der Waals surface area (Å²) in [6.45, 7) is 3.93. The van der Waals surface area contributed by atoms with E-state index in [9.17, 15) is 18.3 Å². The van der Waals surface area contributed by atoms with Gasteiger partial charge in [-0.3, -0.25) is 4.79 Å². The second-order valence-corrected chi connectivity index (χ2v) is 11.7. The molecular formula is C22H33BrN2O5S. The Morgan fingerprint density at radius 2 is 2.00 bits per heavy atom. The van der Waals surface area contributed by atoms with Gasteiger partial charge in [0.05, 0.1) is 13.2 Å². The minimum atomic E-state index is -3.84. The molecule has 1 amide bonds. The molecule has 174 valence electrons. The molecule has 1 saturated carbocycles. The molecule has 0 radical (unpaired) electrons. The summed E-state index contributed by atoms with van der Waals surface area (Å²) in [5.74, 6) is 0.285. The van der Waals surface area contributed by atoms with Crippen molar-refractivity contribution in [3.63, 3.8) is 0 Å². The van der Waals surface area contributed by atoms with Crippen molar-refractivity contribution >= 4 is 31.9 Å². The van der Waals surface area contributed by atoms with Crippen LogP contribution in [0.15, 0.2) is 27.6 Å². The molecule has 0 aromatic heterocycles. The molecule has 1 heterocycles. The number of hydrogen-bond acceptors (Lipinski definition) is 5. The third-order valence-electron chi connectivity index (χ3n) is 6.41. The number of sulfonamides is 1. The van der Waals surface area contributed by atoms with E-state index in [2.05, 4.69) is 15.9 Å². The number of fused-ring (bicyclic) bond motifs is 1. The molecule has 3 atom stereocenters. The number of aliphatic hydroxyl groups excluding tert-OH is 1. The van der Waals surface area contributed by atoms with Gasteiger partial charge in [0.25, 0.3) is 0 Å². The minimum Gasteiger partial charge on any atom is -0.487 e. The molecule has 1 aromatic rings. The fourth-order valence-electron chi connectivity index (χ4n) is 4.44. The number of nitrogens with zero attached hydrogens (tertiary/aromatic N) is 2. The van der Waals surface area contributed by atoms with Gasteiger partial charge in [-0.15, -0.1) is 0 Å². The number of benzene rings is 1. The Bertz CT molecular complexity index is 888. The van der Waals surface area contributed by atoms with E-state index in [0.29, 0.717) is 11.0 Å². The van der Waals surface area contributed by atoms with Crippen LogP contribution in [0.4, 0.5) is 0 Å². The van der Waals surface area contributed by atoms with Gasteiger partial charge in [-0.1, -0.05) is 42.1 Å². The molecule has 1 aliphatic heterocycles. The number of ether oxygens (including phenoxy) is 1. The molecule has 3 rings (SSSR count). The van der Waals surface area contributed by atoms with Crippen LogP contribution in [0.25, 0.3) is 0 Å². The maximum absolute atomic E-state index is 13.3. The smallest absolute Gasteiger partial charge is 0.247 e. The summed E-state index contributed by atoms with van der Waals surface area (Å²) in [4.78, 5) is 14.8. The van der Waals surface area contributed by atoms with Gasteiger partial charge in [0.1, 0.15) is 16.7 Å². The average molecular weight is 517 g/mol. The highest BCUT2D eigenvalue weighted by Gasteiger charge is 2.38. The van der Waals surface area contributed by atoms with Crippen molar-refractivity contribution in [3.05, 3.63) is 22.7 Å². The molecule has 1 aliphatic carbocycles. The predicted molar refractivity (Wildman–Crippen MR) is 122 cm³/mol. The molecule has 7 nitrogen and oxygen atoms in total. The predicted octanol–water partition coefficient (Wildman–Crippen LogP) is 3.26. The zero-order valence-corrected chi connectivity index (χ0v) is 20.9. The number of carbonyl (C=O) groups excluding carboxylic acids is 1. The standard InChI is InChI=1S/C22H33BrN2O5S/c1-15-12-25(16(2)14-26)31(28,29)21-10-9-18(23)11-19(21)30-20(15)13-24(3)22(27)17-7-5-4-6-8-17/h9-11,15-17,20,26H,4-8,12-14H2,1-3H3/t15-,16-,20+/m1/s1. The molecule has 2 aliphatic rings. The van der Waals surface area contributed by atoms with Crippen molar-refractivity contribution < 1.29 is 23.1 Å². The summed E-state index contributed by atoms with van der Waals surface area (Å²) in [5.41, 5.74) is 0. The quantitative estimate of drug-likeness (QED) is 0.648. The van der Waals surface area contributed by atoms with Crippen LogP contribution in [0.2, 0.25) is 0 Å². The number of rotatable bonds is 5. The normalized spacial score (nSPS) is 25.6. The molecule has 31 heavy (non-hydrogen) atoms. The highest BCUT2D eigenvalue weighted by molar-refractivity contribution is 9.10. The first-order valence-corrected chi connectivity index (χ1v) is 13.2. The highest BCUT2D eigenvalue weighted by atomic mass is 79.9. The number of amides is 1. The second kappa shape index (κ2) is 10.2. The molecule has 1 aromatic carbocycles. The van der Waals surface area contributed by atoms with Crippen molar-refractivity contribution in [3.8, 4) is 5.75 Å². The van der Waals surface area contributed by atoms with Crippen LogP contribution in [0.3, 0.4) is 0 Å². The lowest BCUT2D eigenvalue weighted by Crippen LogP contribution is -2.50. The van der Waals surface area contributed by atoms with E-state index >= 15 is 0 Å². The van der Waals surface area contributed by atoms with E-state index in [1.165, 1.54) is 16.8 Å². The first-order valence-electron chi connectivity index (χ1n) is 11.0. The Labute approximate surface area is 193 Å². The van der Waals surface area contributed by atoms with Gasteiger partial charge in [-0.05, 0) is 38.0 Å². The number of aliphatic hydroxyl groups is 1. The largest absolute Gasteiger partial charge is 0.487 e. The molecule has 1 N–H and O–H groups in total.